The number of aromatic nitrogens is 1. The summed E-state index contributed by atoms with van der Waals surface area (Å²) < 4.78 is 4.49. The Morgan fingerprint density at radius 3 is 2.60 bits per heavy atom. The molecule has 1 rings (SSSR count). The molecule has 0 saturated heterocycles. The minimum absolute atomic E-state index is 0. The maximum Gasteiger partial charge on any atom is 0.358 e. The van der Waals surface area contributed by atoms with Gasteiger partial charge in [0.05, 0.1) is 0 Å². The molecule has 1 heterocycles. The lowest BCUT2D eigenvalue weighted by molar-refractivity contribution is 0.0685. The summed E-state index contributed by atoms with van der Waals surface area (Å²) in [6.45, 7) is 1.64. The molecule has 0 saturated carbocycles. The van der Waals surface area contributed by atoms with Crippen LogP contribution in [0.15, 0.2) is 10.6 Å². The van der Waals surface area contributed by atoms with Gasteiger partial charge in [-0.2, -0.15) is 0 Å². The Morgan fingerprint density at radius 2 is 2.40 bits per heavy atom. The van der Waals surface area contributed by atoms with Crippen LogP contribution in [0.1, 0.15) is 16.2 Å². The van der Waals surface area contributed by atoms with E-state index in [-0.39, 0.29) is 18.1 Å². The van der Waals surface area contributed by atoms with E-state index in [9.17, 15) is 4.79 Å². The predicted molar refractivity (Wildman–Crippen MR) is 35.4 cm³/mol. The Hall–Kier alpha value is -1.03. The molecular formula is C5H6ClNO3. The second-order valence-electron chi connectivity index (χ2n) is 1.63. The van der Waals surface area contributed by atoms with Crippen molar-refractivity contribution in [2.24, 2.45) is 0 Å². The van der Waals surface area contributed by atoms with Crippen molar-refractivity contribution in [2.45, 2.75) is 6.92 Å². The van der Waals surface area contributed by atoms with Crippen LogP contribution in [-0.4, -0.2) is 16.2 Å². The first-order chi connectivity index (χ1) is 4.20. The lowest BCUT2D eigenvalue weighted by atomic mass is 10.4. The molecule has 0 amide bonds. The van der Waals surface area contributed by atoms with E-state index in [1.54, 1.807) is 6.92 Å². The molecule has 0 unspecified atom stereocenters. The summed E-state index contributed by atoms with van der Waals surface area (Å²) >= 11 is 0. The van der Waals surface area contributed by atoms with E-state index in [0.717, 1.165) is 0 Å². The largest absolute Gasteiger partial charge is 0.476 e. The van der Waals surface area contributed by atoms with Crippen LogP contribution < -0.4 is 0 Å². The number of aromatic carboxylic acids is 1. The van der Waals surface area contributed by atoms with E-state index in [0.29, 0.717) is 5.76 Å². The summed E-state index contributed by atoms with van der Waals surface area (Å²) in [6.07, 6.45) is 0. The van der Waals surface area contributed by atoms with Crippen LogP contribution in [0.3, 0.4) is 0 Å². The third kappa shape index (κ3) is 1.73. The van der Waals surface area contributed by atoms with Crippen LogP contribution in [0, 0.1) is 6.92 Å². The molecule has 0 aromatic carbocycles. The van der Waals surface area contributed by atoms with Gasteiger partial charge in [-0.3, -0.25) is 0 Å². The molecule has 0 aliphatic heterocycles. The highest BCUT2D eigenvalue weighted by Gasteiger charge is 2.06. The van der Waals surface area contributed by atoms with Gasteiger partial charge in [0.2, 0.25) is 0 Å². The Bertz CT molecular complexity index is 233. The second kappa shape index (κ2) is 3.22. The molecule has 5 heteroatoms. The van der Waals surface area contributed by atoms with Crippen LogP contribution in [-0.2, 0) is 0 Å². The van der Waals surface area contributed by atoms with Gasteiger partial charge in [0.1, 0.15) is 5.76 Å². The Kier molecular flexibility index (Phi) is 2.89. The highest BCUT2D eigenvalue weighted by atomic mass is 35.5. The van der Waals surface area contributed by atoms with Crippen molar-refractivity contribution in [3.8, 4) is 0 Å². The highest BCUT2D eigenvalue weighted by Crippen LogP contribution is 1.99. The number of hydrogen-bond acceptors (Lipinski definition) is 3. The van der Waals surface area contributed by atoms with Gasteiger partial charge in [0.15, 0.2) is 5.69 Å². The summed E-state index contributed by atoms with van der Waals surface area (Å²) in [5.74, 6) is -0.556. The quantitative estimate of drug-likeness (QED) is 0.674. The average molecular weight is 164 g/mol. The molecule has 4 nitrogen and oxygen atoms in total. The number of hydrogen-bond donors (Lipinski definition) is 1. The van der Waals surface area contributed by atoms with Gasteiger partial charge in [0, 0.05) is 6.07 Å². The molecule has 0 bridgehead atoms. The molecule has 1 N–H and O–H groups in total. The van der Waals surface area contributed by atoms with Crippen LogP contribution >= 0.6 is 12.4 Å². The van der Waals surface area contributed by atoms with Crippen molar-refractivity contribution in [3.05, 3.63) is 17.5 Å². The van der Waals surface area contributed by atoms with Crippen molar-refractivity contribution in [2.75, 3.05) is 0 Å². The molecule has 1 aromatic heterocycles. The van der Waals surface area contributed by atoms with Gasteiger partial charge in [0.25, 0.3) is 0 Å². The van der Waals surface area contributed by atoms with E-state index < -0.39 is 5.97 Å². The maximum absolute atomic E-state index is 10.1. The maximum atomic E-state index is 10.1. The molecule has 56 valence electrons. The minimum Gasteiger partial charge on any atom is -0.476 e. The van der Waals surface area contributed by atoms with Crippen LogP contribution in [0.5, 0.6) is 0 Å². The van der Waals surface area contributed by atoms with Crippen molar-refractivity contribution in [1.82, 2.24) is 5.16 Å². The summed E-state index contributed by atoms with van der Waals surface area (Å²) in [5, 5.41) is 11.5. The molecule has 10 heavy (non-hydrogen) atoms. The van der Waals surface area contributed by atoms with Crippen molar-refractivity contribution < 1.29 is 14.4 Å². The lowest BCUT2D eigenvalue weighted by Crippen LogP contribution is -1.94. The van der Waals surface area contributed by atoms with Crippen LogP contribution in [0.2, 0.25) is 0 Å². The molecule has 0 fully saturated rings. The average Bonchev–Trinajstić information content (AvgIpc) is 2.14. The fraction of sp³-hybridized carbons (Fsp3) is 0.200. The van der Waals surface area contributed by atoms with E-state index in [1.807, 2.05) is 0 Å². The number of nitrogens with zero attached hydrogens (tertiary/aromatic N) is 1. The zero-order valence-corrected chi connectivity index (χ0v) is 6.01. The number of carbonyl (C=O) groups is 1. The first kappa shape index (κ1) is 8.97. The van der Waals surface area contributed by atoms with Crippen LogP contribution in [0.25, 0.3) is 0 Å². The molecule has 1 aromatic rings. The van der Waals surface area contributed by atoms with E-state index in [4.69, 9.17) is 5.11 Å². The standard InChI is InChI=1S/C5H5NO3.ClH/c1-3-2-4(5(7)8)6-9-3;/h2H,1H3,(H,7,8);1H. The first-order valence-corrected chi connectivity index (χ1v) is 2.37. The summed E-state index contributed by atoms with van der Waals surface area (Å²) in [4.78, 5) is 10.1. The first-order valence-electron chi connectivity index (χ1n) is 2.37. The summed E-state index contributed by atoms with van der Waals surface area (Å²) in [6, 6.07) is 1.36. The van der Waals surface area contributed by atoms with E-state index in [2.05, 4.69) is 9.68 Å². The Labute approximate surface area is 63.2 Å². The van der Waals surface area contributed by atoms with Gasteiger partial charge in [-0.05, 0) is 6.92 Å². The minimum atomic E-state index is -1.06. The Morgan fingerprint density at radius 1 is 1.80 bits per heavy atom. The normalized spacial score (nSPS) is 8.50. The van der Waals surface area contributed by atoms with Crippen molar-refractivity contribution >= 4 is 18.4 Å². The number of rotatable bonds is 1. The molecule has 0 aliphatic rings. The number of aryl methyl sites for hydroxylation is 1. The van der Waals surface area contributed by atoms with E-state index >= 15 is 0 Å². The number of carboxylic acid groups (broad SMARTS) is 1. The van der Waals surface area contributed by atoms with Gasteiger partial charge < -0.3 is 9.63 Å². The van der Waals surface area contributed by atoms with E-state index in [1.165, 1.54) is 6.07 Å². The topological polar surface area (TPSA) is 63.3 Å². The van der Waals surface area contributed by atoms with Crippen molar-refractivity contribution in [3.63, 3.8) is 0 Å². The molecule has 0 atom stereocenters. The highest BCUT2D eigenvalue weighted by molar-refractivity contribution is 5.85. The summed E-state index contributed by atoms with van der Waals surface area (Å²) in [5.41, 5.74) is -0.0486. The van der Waals surface area contributed by atoms with Crippen molar-refractivity contribution in [1.29, 1.82) is 0 Å². The molecule has 0 aliphatic carbocycles. The fourth-order valence-electron chi connectivity index (χ4n) is 0.467. The zero-order valence-electron chi connectivity index (χ0n) is 5.20. The molecule has 0 radical (unpaired) electrons. The smallest absolute Gasteiger partial charge is 0.358 e. The predicted octanol–water partition coefficient (Wildman–Crippen LogP) is 1.10. The van der Waals surface area contributed by atoms with Crippen LogP contribution in [0.4, 0.5) is 0 Å². The monoisotopic (exact) mass is 163 g/mol. The summed E-state index contributed by atoms with van der Waals surface area (Å²) in [7, 11) is 0. The van der Waals surface area contributed by atoms with Gasteiger partial charge in [-0.25, -0.2) is 4.79 Å². The van der Waals surface area contributed by atoms with Gasteiger partial charge in [-0.1, -0.05) is 5.16 Å². The number of halogens is 1. The van der Waals surface area contributed by atoms with Gasteiger partial charge >= 0.3 is 5.97 Å². The Balaban J connectivity index is 0.000000810. The lowest BCUT2D eigenvalue weighted by Gasteiger charge is -1.75. The fourth-order valence-corrected chi connectivity index (χ4v) is 0.467. The third-order valence-electron chi connectivity index (χ3n) is 0.847. The third-order valence-corrected chi connectivity index (χ3v) is 0.847. The number of carboxylic acids is 1. The molecular weight excluding hydrogens is 158 g/mol. The zero-order chi connectivity index (χ0) is 6.85. The SMILES string of the molecule is Cc1cc(C(=O)O)no1.Cl. The molecule has 0 spiro atoms. The second-order valence-corrected chi connectivity index (χ2v) is 1.63. The van der Waals surface area contributed by atoms with Gasteiger partial charge in [-0.15, -0.1) is 12.4 Å².